The third-order valence-corrected chi connectivity index (χ3v) is 4.47. The minimum Gasteiger partial charge on any atom is -0.361 e. The topological polar surface area (TPSA) is 81.3 Å². The molecule has 0 saturated heterocycles. The zero-order valence-corrected chi connectivity index (χ0v) is 19.2. The van der Waals surface area contributed by atoms with Crippen LogP contribution >= 0.6 is 24.0 Å². The summed E-state index contributed by atoms with van der Waals surface area (Å²) in [5.74, 6) is 0.203. The Labute approximate surface area is 192 Å². The molecule has 8 heteroatoms. The number of nitrogens with one attached hydrogen (secondary N) is 4. The minimum atomic E-state index is -0.254. The summed E-state index contributed by atoms with van der Waals surface area (Å²) in [7, 11) is 0. The van der Waals surface area contributed by atoms with Crippen molar-refractivity contribution in [2.75, 3.05) is 19.6 Å². The molecule has 6 nitrogen and oxygen atoms in total. The molecule has 0 atom stereocenters. The first-order chi connectivity index (χ1) is 14.2. The first-order valence-corrected chi connectivity index (χ1v) is 9.74. The Bertz CT molecular complexity index is 974. The quantitative estimate of drug-likeness (QED) is 0.208. The molecule has 0 aliphatic carbocycles. The summed E-state index contributed by atoms with van der Waals surface area (Å²) in [6.45, 7) is 3.85. The van der Waals surface area contributed by atoms with Gasteiger partial charge < -0.3 is 20.9 Å². The molecule has 0 fully saturated rings. The number of aromatic amines is 1. The van der Waals surface area contributed by atoms with E-state index < -0.39 is 0 Å². The molecule has 1 amide bonds. The van der Waals surface area contributed by atoms with Gasteiger partial charge in [0.05, 0.1) is 0 Å². The number of nitrogens with zero attached hydrogens (tertiary/aromatic N) is 1. The lowest BCUT2D eigenvalue weighted by Gasteiger charge is -2.11. The molecule has 160 valence electrons. The van der Waals surface area contributed by atoms with Crippen LogP contribution in [0.25, 0.3) is 10.9 Å². The van der Waals surface area contributed by atoms with Crippen molar-refractivity contribution < 1.29 is 9.18 Å². The number of halogens is 2. The summed E-state index contributed by atoms with van der Waals surface area (Å²) in [6, 6.07) is 14.5. The van der Waals surface area contributed by atoms with Crippen molar-refractivity contribution in [2.24, 2.45) is 4.99 Å². The van der Waals surface area contributed by atoms with Gasteiger partial charge in [-0.2, -0.15) is 0 Å². The molecule has 0 spiro atoms. The molecule has 4 N–H and O–H groups in total. The van der Waals surface area contributed by atoms with Crippen LogP contribution in [-0.2, 0) is 17.8 Å². The Morgan fingerprint density at radius 1 is 1.10 bits per heavy atom. The van der Waals surface area contributed by atoms with Crippen molar-refractivity contribution in [3.8, 4) is 0 Å². The predicted octanol–water partition coefficient (Wildman–Crippen LogP) is 3.34. The summed E-state index contributed by atoms with van der Waals surface area (Å²) in [6.07, 6.45) is 2.64. The van der Waals surface area contributed by atoms with E-state index in [1.54, 1.807) is 6.07 Å². The Kier molecular flexibility index (Phi) is 9.59. The highest BCUT2D eigenvalue weighted by Gasteiger charge is 2.06. The van der Waals surface area contributed by atoms with Crippen LogP contribution in [0.3, 0.4) is 0 Å². The van der Waals surface area contributed by atoms with Crippen LogP contribution in [0.2, 0.25) is 0 Å². The fourth-order valence-electron chi connectivity index (χ4n) is 3.03. The first kappa shape index (κ1) is 23.7. The van der Waals surface area contributed by atoms with Crippen LogP contribution in [0, 0.1) is 5.82 Å². The van der Waals surface area contributed by atoms with Crippen molar-refractivity contribution in [2.45, 2.75) is 19.9 Å². The van der Waals surface area contributed by atoms with E-state index in [0.717, 1.165) is 28.5 Å². The average Bonchev–Trinajstić information content (AvgIpc) is 3.13. The second-order valence-corrected chi connectivity index (χ2v) is 6.64. The van der Waals surface area contributed by atoms with Crippen LogP contribution in [0.15, 0.2) is 59.7 Å². The van der Waals surface area contributed by atoms with E-state index in [2.05, 4.69) is 25.9 Å². The second-order valence-electron chi connectivity index (χ2n) is 6.64. The number of guanidine groups is 1. The number of aliphatic imine (C=N–C) groups is 1. The molecule has 0 unspecified atom stereocenters. The summed E-state index contributed by atoms with van der Waals surface area (Å²) in [5.41, 5.74) is 2.94. The van der Waals surface area contributed by atoms with Crippen LogP contribution in [0.1, 0.15) is 18.1 Å². The molecule has 30 heavy (non-hydrogen) atoms. The van der Waals surface area contributed by atoms with Gasteiger partial charge >= 0.3 is 0 Å². The molecule has 3 rings (SSSR count). The largest absolute Gasteiger partial charge is 0.361 e. The Hall–Kier alpha value is -2.62. The SMILES string of the molecule is CCNC(=NCC(=O)NCc1ccccc1)NCCc1c[nH]c2cc(F)ccc12.I. The lowest BCUT2D eigenvalue weighted by atomic mass is 10.1. The van der Waals surface area contributed by atoms with Gasteiger partial charge in [0.1, 0.15) is 12.4 Å². The Morgan fingerprint density at radius 2 is 1.90 bits per heavy atom. The zero-order chi connectivity index (χ0) is 20.5. The maximum Gasteiger partial charge on any atom is 0.242 e. The lowest BCUT2D eigenvalue weighted by molar-refractivity contribution is -0.119. The molecule has 3 aromatic rings. The average molecular weight is 523 g/mol. The normalized spacial score (nSPS) is 11.1. The Balaban J connectivity index is 0.00000320. The molecular weight excluding hydrogens is 496 g/mol. The van der Waals surface area contributed by atoms with Crippen molar-refractivity contribution in [3.05, 3.63) is 71.7 Å². The van der Waals surface area contributed by atoms with Gasteiger partial charge in [0.2, 0.25) is 5.91 Å². The van der Waals surface area contributed by atoms with Gasteiger partial charge in [-0.05, 0) is 42.7 Å². The molecular formula is C22H27FIN5O. The van der Waals surface area contributed by atoms with Crippen LogP contribution < -0.4 is 16.0 Å². The van der Waals surface area contributed by atoms with E-state index in [4.69, 9.17) is 0 Å². The summed E-state index contributed by atoms with van der Waals surface area (Å²) in [5, 5.41) is 10.2. The minimum absolute atomic E-state index is 0. The van der Waals surface area contributed by atoms with E-state index >= 15 is 0 Å². The van der Waals surface area contributed by atoms with Crippen LogP contribution in [0.5, 0.6) is 0 Å². The molecule has 0 saturated carbocycles. The third kappa shape index (κ3) is 7.01. The number of fused-ring (bicyclic) bond motifs is 1. The van der Waals surface area contributed by atoms with Crippen molar-refractivity contribution in [3.63, 3.8) is 0 Å². The number of hydrogen-bond donors (Lipinski definition) is 4. The van der Waals surface area contributed by atoms with Gasteiger partial charge in [0.15, 0.2) is 5.96 Å². The maximum absolute atomic E-state index is 13.3. The smallest absolute Gasteiger partial charge is 0.242 e. The monoisotopic (exact) mass is 523 g/mol. The highest BCUT2D eigenvalue weighted by Crippen LogP contribution is 2.19. The fourth-order valence-corrected chi connectivity index (χ4v) is 3.03. The highest BCUT2D eigenvalue weighted by molar-refractivity contribution is 14.0. The highest BCUT2D eigenvalue weighted by atomic mass is 127. The summed E-state index contributed by atoms with van der Waals surface area (Å²) < 4.78 is 13.3. The molecule has 1 heterocycles. The predicted molar refractivity (Wildman–Crippen MR) is 130 cm³/mol. The Morgan fingerprint density at radius 3 is 2.67 bits per heavy atom. The number of amides is 1. The second kappa shape index (κ2) is 12.2. The summed E-state index contributed by atoms with van der Waals surface area (Å²) in [4.78, 5) is 19.5. The van der Waals surface area contributed by atoms with E-state index in [1.807, 2.05) is 43.5 Å². The molecule has 0 aliphatic heterocycles. The van der Waals surface area contributed by atoms with Gasteiger partial charge in [-0.3, -0.25) is 4.79 Å². The molecule has 1 aromatic heterocycles. The number of H-pyrrole nitrogens is 1. The van der Waals surface area contributed by atoms with E-state index in [0.29, 0.717) is 25.6 Å². The van der Waals surface area contributed by atoms with Gasteiger partial charge in [0, 0.05) is 36.7 Å². The van der Waals surface area contributed by atoms with E-state index in [1.165, 1.54) is 12.1 Å². The van der Waals surface area contributed by atoms with Gasteiger partial charge in [0.25, 0.3) is 0 Å². The van der Waals surface area contributed by atoms with Crippen molar-refractivity contribution in [1.29, 1.82) is 0 Å². The molecule has 0 bridgehead atoms. The number of hydrogen-bond acceptors (Lipinski definition) is 2. The van der Waals surface area contributed by atoms with Crippen LogP contribution in [0.4, 0.5) is 4.39 Å². The fraction of sp³-hybridized carbons (Fsp3) is 0.273. The van der Waals surface area contributed by atoms with Crippen LogP contribution in [-0.4, -0.2) is 36.5 Å². The molecule has 0 aliphatic rings. The molecule has 2 aromatic carbocycles. The number of carbonyl (C=O) groups is 1. The van der Waals surface area contributed by atoms with E-state index in [-0.39, 0.29) is 42.2 Å². The summed E-state index contributed by atoms with van der Waals surface area (Å²) >= 11 is 0. The number of rotatable bonds is 8. The van der Waals surface area contributed by atoms with Gasteiger partial charge in [-0.1, -0.05) is 30.3 Å². The standard InChI is InChI=1S/C22H26FN5O.HI/c1-2-24-22(28-15-21(29)27-13-16-6-4-3-5-7-16)25-11-10-17-14-26-20-12-18(23)8-9-19(17)20;/h3-9,12,14,26H,2,10-11,13,15H2,1H3,(H,27,29)(H2,24,25,28);1H. The maximum atomic E-state index is 13.3. The zero-order valence-electron chi connectivity index (χ0n) is 16.9. The first-order valence-electron chi connectivity index (χ1n) is 9.74. The third-order valence-electron chi connectivity index (χ3n) is 4.47. The number of carbonyl (C=O) groups excluding carboxylic acids is 1. The molecule has 0 radical (unpaired) electrons. The number of benzene rings is 2. The number of aromatic nitrogens is 1. The van der Waals surface area contributed by atoms with E-state index in [9.17, 15) is 9.18 Å². The lowest BCUT2D eigenvalue weighted by Crippen LogP contribution is -2.39. The van der Waals surface area contributed by atoms with Crippen molar-refractivity contribution in [1.82, 2.24) is 20.9 Å². The van der Waals surface area contributed by atoms with Gasteiger partial charge in [-0.15, -0.1) is 24.0 Å². The van der Waals surface area contributed by atoms with Gasteiger partial charge in [-0.25, -0.2) is 9.38 Å². The van der Waals surface area contributed by atoms with Crippen molar-refractivity contribution >= 4 is 46.7 Å².